The summed E-state index contributed by atoms with van der Waals surface area (Å²) in [5.41, 5.74) is 0. The lowest BCUT2D eigenvalue weighted by atomic mass is 10.3. The van der Waals surface area contributed by atoms with Crippen LogP contribution >= 0.6 is 0 Å². The maximum absolute atomic E-state index is 11.3. The molecule has 1 aromatic carbocycles. The molecule has 6 heteroatoms. The third kappa shape index (κ3) is 4.03. The summed E-state index contributed by atoms with van der Waals surface area (Å²) >= 11 is 0. The van der Waals surface area contributed by atoms with Crippen LogP contribution in [0.2, 0.25) is 0 Å². The van der Waals surface area contributed by atoms with E-state index in [0.717, 1.165) is 6.26 Å². The van der Waals surface area contributed by atoms with E-state index in [2.05, 4.69) is 0 Å². The maximum atomic E-state index is 11.3. The van der Waals surface area contributed by atoms with Crippen molar-refractivity contribution in [2.24, 2.45) is 0 Å². The Balaban J connectivity index is 2.73. The largest absolute Gasteiger partial charge is 0.479 e. The van der Waals surface area contributed by atoms with Gasteiger partial charge in [0, 0.05) is 6.26 Å². The molecule has 5 nitrogen and oxygen atoms in total. The van der Waals surface area contributed by atoms with Crippen LogP contribution in [0, 0.1) is 0 Å². The molecule has 0 heterocycles. The minimum atomic E-state index is -3.22. The molecular weight excluding hydrogens is 256 g/mol. The first-order valence-corrected chi connectivity index (χ1v) is 7.37. The molecule has 1 atom stereocenters. The van der Waals surface area contributed by atoms with E-state index in [1.165, 1.54) is 24.3 Å². The van der Waals surface area contributed by atoms with Gasteiger partial charge in [-0.05, 0) is 38.1 Å². The van der Waals surface area contributed by atoms with Gasteiger partial charge in [0.15, 0.2) is 15.9 Å². The van der Waals surface area contributed by atoms with Crippen LogP contribution in [0.3, 0.4) is 0 Å². The predicted molar refractivity (Wildman–Crippen MR) is 66.3 cm³/mol. The standard InChI is InChI=1S/C12H16O5S/c1-4-16-12(13)9(2)17-10-5-7-11(8-6-10)18(3,14)15/h5-9H,4H2,1-3H3/t9-/m0/s1. The van der Waals surface area contributed by atoms with Gasteiger partial charge >= 0.3 is 5.97 Å². The summed E-state index contributed by atoms with van der Waals surface area (Å²) in [5, 5.41) is 0. The minimum Gasteiger partial charge on any atom is -0.479 e. The van der Waals surface area contributed by atoms with E-state index >= 15 is 0 Å². The van der Waals surface area contributed by atoms with E-state index in [1.807, 2.05) is 0 Å². The average Bonchev–Trinajstić information content (AvgIpc) is 2.28. The Morgan fingerprint density at radius 2 is 1.83 bits per heavy atom. The highest BCUT2D eigenvalue weighted by atomic mass is 32.2. The first-order valence-electron chi connectivity index (χ1n) is 5.48. The number of esters is 1. The summed E-state index contributed by atoms with van der Waals surface area (Å²) in [5.74, 6) is -0.0346. The zero-order chi connectivity index (χ0) is 13.8. The van der Waals surface area contributed by atoms with Crippen molar-refractivity contribution in [2.75, 3.05) is 12.9 Å². The van der Waals surface area contributed by atoms with E-state index in [4.69, 9.17) is 9.47 Å². The van der Waals surface area contributed by atoms with Crippen LogP contribution in [0.1, 0.15) is 13.8 Å². The third-order valence-corrected chi connectivity index (χ3v) is 3.31. The van der Waals surface area contributed by atoms with Gasteiger partial charge in [-0.3, -0.25) is 0 Å². The Bertz CT molecular complexity index is 504. The highest BCUT2D eigenvalue weighted by Gasteiger charge is 2.16. The topological polar surface area (TPSA) is 69.7 Å². The van der Waals surface area contributed by atoms with E-state index in [9.17, 15) is 13.2 Å². The first kappa shape index (κ1) is 14.5. The first-order chi connectivity index (χ1) is 8.34. The van der Waals surface area contributed by atoms with Crippen LogP contribution < -0.4 is 4.74 Å². The van der Waals surface area contributed by atoms with Crippen molar-refractivity contribution in [3.05, 3.63) is 24.3 Å². The molecule has 0 bridgehead atoms. The highest BCUT2D eigenvalue weighted by Crippen LogP contribution is 2.17. The van der Waals surface area contributed by atoms with Gasteiger partial charge in [0.25, 0.3) is 0 Å². The summed E-state index contributed by atoms with van der Waals surface area (Å²) in [4.78, 5) is 11.5. The molecule has 0 saturated carbocycles. The van der Waals surface area contributed by atoms with Gasteiger partial charge in [-0.1, -0.05) is 0 Å². The molecule has 0 saturated heterocycles. The number of ether oxygens (including phenoxy) is 2. The van der Waals surface area contributed by atoms with Crippen LogP contribution in [-0.2, 0) is 19.4 Å². The van der Waals surface area contributed by atoms with Crippen LogP contribution in [-0.4, -0.2) is 33.4 Å². The lowest BCUT2D eigenvalue weighted by Crippen LogP contribution is -2.26. The van der Waals surface area contributed by atoms with Gasteiger partial charge in [-0.15, -0.1) is 0 Å². The van der Waals surface area contributed by atoms with E-state index in [0.29, 0.717) is 12.4 Å². The van der Waals surface area contributed by atoms with Crippen LogP contribution in [0.4, 0.5) is 0 Å². The number of rotatable bonds is 5. The van der Waals surface area contributed by atoms with E-state index < -0.39 is 21.9 Å². The van der Waals surface area contributed by atoms with Gasteiger partial charge < -0.3 is 9.47 Å². The van der Waals surface area contributed by atoms with Gasteiger partial charge in [-0.2, -0.15) is 0 Å². The molecule has 100 valence electrons. The number of benzene rings is 1. The summed E-state index contributed by atoms with van der Waals surface area (Å²) in [6.07, 6.45) is 0.401. The van der Waals surface area contributed by atoms with E-state index in [-0.39, 0.29) is 4.90 Å². The highest BCUT2D eigenvalue weighted by molar-refractivity contribution is 7.90. The molecule has 18 heavy (non-hydrogen) atoms. The Hall–Kier alpha value is -1.56. The Morgan fingerprint density at radius 1 is 1.28 bits per heavy atom. The van der Waals surface area contributed by atoms with Crippen molar-refractivity contribution in [3.63, 3.8) is 0 Å². The van der Waals surface area contributed by atoms with Gasteiger partial charge in [0.1, 0.15) is 5.75 Å². The Labute approximate surface area is 107 Å². The smallest absolute Gasteiger partial charge is 0.347 e. The van der Waals surface area contributed by atoms with Crippen molar-refractivity contribution >= 4 is 15.8 Å². The molecular formula is C12H16O5S. The van der Waals surface area contributed by atoms with Gasteiger partial charge in [0.2, 0.25) is 0 Å². The molecule has 0 unspecified atom stereocenters. The summed E-state index contributed by atoms with van der Waals surface area (Å²) in [6, 6.07) is 5.88. The third-order valence-electron chi connectivity index (χ3n) is 2.18. The van der Waals surface area contributed by atoms with Crippen molar-refractivity contribution in [2.45, 2.75) is 24.8 Å². The molecule has 0 aromatic heterocycles. The zero-order valence-corrected chi connectivity index (χ0v) is 11.4. The van der Waals surface area contributed by atoms with Crippen LogP contribution in [0.25, 0.3) is 0 Å². The molecule has 0 aliphatic heterocycles. The number of carbonyl (C=O) groups is 1. The zero-order valence-electron chi connectivity index (χ0n) is 10.5. The molecule has 1 rings (SSSR count). The maximum Gasteiger partial charge on any atom is 0.347 e. The summed E-state index contributed by atoms with van der Waals surface area (Å²) < 4.78 is 32.6. The fourth-order valence-electron chi connectivity index (χ4n) is 1.28. The number of carbonyl (C=O) groups excluding carboxylic acids is 1. The van der Waals surface area contributed by atoms with E-state index in [1.54, 1.807) is 13.8 Å². The van der Waals surface area contributed by atoms with Gasteiger partial charge in [-0.25, -0.2) is 13.2 Å². The molecule has 0 aliphatic carbocycles. The summed E-state index contributed by atoms with van der Waals surface area (Å²) in [7, 11) is -3.22. The van der Waals surface area contributed by atoms with Crippen molar-refractivity contribution < 1.29 is 22.7 Å². The fourth-order valence-corrected chi connectivity index (χ4v) is 1.91. The fraction of sp³-hybridized carbons (Fsp3) is 0.417. The van der Waals surface area contributed by atoms with Crippen LogP contribution in [0.15, 0.2) is 29.2 Å². The summed E-state index contributed by atoms with van der Waals surface area (Å²) in [6.45, 7) is 3.58. The molecule has 0 spiro atoms. The minimum absolute atomic E-state index is 0.207. The number of hydrogen-bond acceptors (Lipinski definition) is 5. The number of sulfone groups is 1. The second-order valence-corrected chi connectivity index (χ2v) is 5.77. The molecule has 0 fully saturated rings. The molecule has 1 aromatic rings. The monoisotopic (exact) mass is 272 g/mol. The Morgan fingerprint density at radius 3 is 2.28 bits per heavy atom. The average molecular weight is 272 g/mol. The molecule has 0 radical (unpaired) electrons. The van der Waals surface area contributed by atoms with Gasteiger partial charge in [0.05, 0.1) is 11.5 Å². The van der Waals surface area contributed by atoms with Crippen molar-refractivity contribution in [1.82, 2.24) is 0 Å². The molecule has 0 N–H and O–H groups in total. The van der Waals surface area contributed by atoms with Crippen molar-refractivity contribution in [1.29, 1.82) is 0 Å². The van der Waals surface area contributed by atoms with Crippen molar-refractivity contribution in [3.8, 4) is 5.75 Å². The van der Waals surface area contributed by atoms with Crippen LogP contribution in [0.5, 0.6) is 5.75 Å². The Kier molecular flexibility index (Phi) is 4.72. The molecule has 0 aliphatic rings. The lowest BCUT2D eigenvalue weighted by Gasteiger charge is -2.13. The lowest BCUT2D eigenvalue weighted by molar-refractivity contribution is -0.150. The predicted octanol–water partition coefficient (Wildman–Crippen LogP) is 1.42. The number of hydrogen-bond donors (Lipinski definition) is 0. The second kappa shape index (κ2) is 5.86. The quantitative estimate of drug-likeness (QED) is 0.758. The normalized spacial score (nSPS) is 12.8. The SMILES string of the molecule is CCOC(=O)[C@H](C)Oc1ccc(S(C)(=O)=O)cc1. The molecule has 0 amide bonds. The second-order valence-electron chi connectivity index (χ2n) is 3.76.